The van der Waals surface area contributed by atoms with Crippen LogP contribution >= 0.6 is 11.6 Å². The number of nitrogens with one attached hydrogen (secondary N) is 1. The van der Waals surface area contributed by atoms with E-state index in [0.29, 0.717) is 24.5 Å². The van der Waals surface area contributed by atoms with Crippen LogP contribution in [0.25, 0.3) is 0 Å². The zero-order valence-electron chi connectivity index (χ0n) is 10.8. The monoisotopic (exact) mass is 271 g/mol. The fourth-order valence-electron chi connectivity index (χ4n) is 1.13. The van der Waals surface area contributed by atoms with Gasteiger partial charge in [-0.1, -0.05) is 18.5 Å². The average Bonchev–Trinajstić information content (AvgIpc) is 2.29. The second-order valence-corrected chi connectivity index (χ2v) is 3.91. The van der Waals surface area contributed by atoms with Crippen LogP contribution in [0.3, 0.4) is 0 Å². The third kappa shape index (κ3) is 7.68. The first-order chi connectivity index (χ1) is 8.53. The highest BCUT2D eigenvalue weighted by atomic mass is 35.5. The quantitative estimate of drug-likeness (QED) is 0.856. The molecule has 1 aromatic rings. The Morgan fingerprint density at radius 2 is 2.06 bits per heavy atom. The molecule has 0 bridgehead atoms. The molecule has 4 nitrogen and oxygen atoms in total. The fraction of sp³-hybridized carbons (Fsp3) is 0.385. The molecular weight excluding hydrogens is 254 g/mol. The Labute approximate surface area is 112 Å². The van der Waals surface area contributed by atoms with Gasteiger partial charge in [0, 0.05) is 17.1 Å². The highest BCUT2D eigenvalue weighted by molar-refractivity contribution is 6.31. The number of carbonyl (C=O) groups excluding carboxylic acids is 2. The predicted molar refractivity (Wildman–Crippen MR) is 72.8 cm³/mol. The van der Waals surface area contributed by atoms with E-state index < -0.39 is 0 Å². The lowest BCUT2D eigenvalue weighted by atomic mass is 10.2. The van der Waals surface area contributed by atoms with Crippen LogP contribution in [0.4, 0.5) is 5.69 Å². The Bertz CT molecular complexity index is 374. The second kappa shape index (κ2) is 9.48. The third-order valence-corrected chi connectivity index (χ3v) is 2.10. The first-order valence-corrected chi connectivity index (χ1v) is 6.03. The van der Waals surface area contributed by atoms with Crippen molar-refractivity contribution in [2.45, 2.75) is 27.2 Å². The topological polar surface area (TPSA) is 55.4 Å². The van der Waals surface area contributed by atoms with Crippen LogP contribution in [-0.4, -0.2) is 19.0 Å². The number of halogens is 1. The molecule has 0 atom stereocenters. The fourth-order valence-corrected chi connectivity index (χ4v) is 1.42. The molecule has 0 spiro atoms. The third-order valence-electron chi connectivity index (χ3n) is 1.88. The molecule has 1 rings (SSSR count). The number of carbonyl (C=O) groups is 2. The molecule has 5 heteroatoms. The van der Waals surface area contributed by atoms with Crippen molar-refractivity contribution < 1.29 is 14.3 Å². The van der Waals surface area contributed by atoms with Crippen LogP contribution in [0.5, 0.6) is 0 Å². The number of hydrogen-bond donors (Lipinski definition) is 1. The highest BCUT2D eigenvalue weighted by Crippen LogP contribution is 2.18. The maximum absolute atomic E-state index is 11.0. The Balaban J connectivity index is 0.000000494. The van der Waals surface area contributed by atoms with Crippen LogP contribution < -0.4 is 5.32 Å². The van der Waals surface area contributed by atoms with Crippen molar-refractivity contribution in [2.24, 2.45) is 0 Å². The largest absolute Gasteiger partial charge is 0.468 e. The number of hydrogen-bond acceptors (Lipinski definition) is 3. The Morgan fingerprint density at radius 1 is 1.39 bits per heavy atom. The second-order valence-electron chi connectivity index (χ2n) is 3.47. The van der Waals surface area contributed by atoms with Crippen molar-refractivity contribution in [3.05, 3.63) is 28.8 Å². The van der Waals surface area contributed by atoms with Crippen LogP contribution in [0.2, 0.25) is 5.02 Å². The van der Waals surface area contributed by atoms with E-state index in [2.05, 4.69) is 10.1 Å². The SMILES string of the molecule is CCC(=O)Nc1cc(C)cc(Cl)c1.CCOC=O. The van der Waals surface area contributed by atoms with Crippen molar-refractivity contribution in [1.82, 2.24) is 0 Å². The van der Waals surface area contributed by atoms with E-state index in [1.54, 1.807) is 13.0 Å². The van der Waals surface area contributed by atoms with Crippen molar-refractivity contribution >= 4 is 29.7 Å². The van der Waals surface area contributed by atoms with Gasteiger partial charge in [-0.25, -0.2) is 0 Å². The number of ether oxygens (including phenoxy) is 1. The van der Waals surface area contributed by atoms with Crippen LogP contribution in [0, 0.1) is 6.92 Å². The molecule has 1 N–H and O–H groups in total. The molecule has 0 radical (unpaired) electrons. The van der Waals surface area contributed by atoms with Gasteiger partial charge < -0.3 is 10.1 Å². The molecule has 0 aliphatic carbocycles. The van der Waals surface area contributed by atoms with Crippen molar-refractivity contribution in [3.8, 4) is 0 Å². The lowest BCUT2D eigenvalue weighted by Crippen LogP contribution is -2.09. The molecule has 0 aliphatic rings. The normalized spacial score (nSPS) is 8.89. The van der Waals surface area contributed by atoms with Gasteiger partial charge in [-0.2, -0.15) is 0 Å². The van der Waals surface area contributed by atoms with E-state index in [-0.39, 0.29) is 5.91 Å². The zero-order chi connectivity index (χ0) is 14.0. The molecule has 1 aromatic carbocycles. The number of amides is 1. The van der Waals surface area contributed by atoms with E-state index in [9.17, 15) is 9.59 Å². The summed E-state index contributed by atoms with van der Waals surface area (Å²) < 4.78 is 4.15. The van der Waals surface area contributed by atoms with Crippen molar-refractivity contribution in [2.75, 3.05) is 11.9 Å². The summed E-state index contributed by atoms with van der Waals surface area (Å²) in [6.07, 6.45) is 0.478. The molecule has 1 amide bonds. The van der Waals surface area contributed by atoms with Crippen LogP contribution in [-0.2, 0) is 14.3 Å². The summed E-state index contributed by atoms with van der Waals surface area (Å²) >= 11 is 5.83. The highest BCUT2D eigenvalue weighted by Gasteiger charge is 2.00. The van der Waals surface area contributed by atoms with Gasteiger partial charge in [-0.3, -0.25) is 9.59 Å². The molecule has 0 saturated heterocycles. The van der Waals surface area contributed by atoms with Gasteiger partial charge in [-0.15, -0.1) is 0 Å². The minimum atomic E-state index is 0.00154. The standard InChI is InChI=1S/C10H12ClNO.C3H6O2/c1-3-10(13)12-9-5-7(2)4-8(11)6-9;1-2-5-3-4/h4-6H,3H2,1-2H3,(H,12,13);3H,2H2,1H3. The van der Waals surface area contributed by atoms with E-state index in [4.69, 9.17) is 11.6 Å². The van der Waals surface area contributed by atoms with Gasteiger partial charge in [0.15, 0.2) is 0 Å². The number of rotatable bonds is 4. The summed E-state index contributed by atoms with van der Waals surface area (Å²) in [7, 11) is 0. The molecule has 0 heterocycles. The predicted octanol–water partition coefficient (Wildman–Crippen LogP) is 3.18. The molecule has 0 fully saturated rings. The summed E-state index contributed by atoms with van der Waals surface area (Å²) in [5, 5.41) is 3.39. The van der Waals surface area contributed by atoms with Crippen molar-refractivity contribution in [1.29, 1.82) is 0 Å². The maximum Gasteiger partial charge on any atom is 0.293 e. The number of benzene rings is 1. The van der Waals surface area contributed by atoms with E-state index in [1.165, 1.54) is 0 Å². The minimum Gasteiger partial charge on any atom is -0.468 e. The molecule has 0 aliphatic heterocycles. The van der Waals surface area contributed by atoms with E-state index >= 15 is 0 Å². The summed E-state index contributed by atoms with van der Waals surface area (Å²) in [6.45, 7) is 6.41. The maximum atomic E-state index is 11.0. The summed E-state index contributed by atoms with van der Waals surface area (Å²) in [4.78, 5) is 20.2. The number of aryl methyl sites for hydroxylation is 1. The summed E-state index contributed by atoms with van der Waals surface area (Å²) in [5.41, 5.74) is 1.80. The van der Waals surface area contributed by atoms with E-state index in [0.717, 1.165) is 11.3 Å². The lowest BCUT2D eigenvalue weighted by molar-refractivity contribution is -0.128. The molecule has 18 heavy (non-hydrogen) atoms. The van der Waals surface area contributed by atoms with Crippen LogP contribution in [0.1, 0.15) is 25.8 Å². The summed E-state index contributed by atoms with van der Waals surface area (Å²) in [6, 6.07) is 5.48. The minimum absolute atomic E-state index is 0.00154. The molecule has 100 valence electrons. The zero-order valence-corrected chi connectivity index (χ0v) is 11.6. The molecule has 0 aromatic heterocycles. The Hall–Kier alpha value is -1.55. The van der Waals surface area contributed by atoms with Crippen molar-refractivity contribution in [3.63, 3.8) is 0 Å². The van der Waals surface area contributed by atoms with Crippen LogP contribution in [0.15, 0.2) is 18.2 Å². The molecule has 0 unspecified atom stereocenters. The molecule has 0 saturated carbocycles. The first-order valence-electron chi connectivity index (χ1n) is 5.65. The van der Waals surface area contributed by atoms with Gasteiger partial charge in [0.2, 0.25) is 5.91 Å². The van der Waals surface area contributed by atoms with E-state index in [1.807, 2.05) is 26.0 Å². The van der Waals surface area contributed by atoms with Gasteiger partial charge in [-0.05, 0) is 37.6 Å². The van der Waals surface area contributed by atoms with Gasteiger partial charge >= 0.3 is 0 Å². The lowest BCUT2D eigenvalue weighted by Gasteiger charge is -2.04. The summed E-state index contributed by atoms with van der Waals surface area (Å²) in [5.74, 6) is 0.00154. The Morgan fingerprint density at radius 3 is 2.44 bits per heavy atom. The average molecular weight is 272 g/mol. The number of anilines is 1. The van der Waals surface area contributed by atoms with Gasteiger partial charge in [0.25, 0.3) is 6.47 Å². The Kier molecular flexibility index (Phi) is 8.66. The smallest absolute Gasteiger partial charge is 0.293 e. The van der Waals surface area contributed by atoms with Gasteiger partial charge in [0.05, 0.1) is 6.61 Å². The first kappa shape index (κ1) is 16.4. The van der Waals surface area contributed by atoms with Gasteiger partial charge in [0.1, 0.15) is 0 Å². The molecular formula is C13H18ClNO3.